The average Bonchev–Trinajstić information content (AvgIpc) is 2.76. The van der Waals surface area contributed by atoms with Gasteiger partial charge in [0.2, 0.25) is 5.95 Å². The molecule has 1 saturated heterocycles. The van der Waals surface area contributed by atoms with Crippen LogP contribution in [0.2, 0.25) is 0 Å². The minimum absolute atomic E-state index is 0.0545. The maximum absolute atomic E-state index is 12.9. The first-order chi connectivity index (χ1) is 7.72. The third kappa shape index (κ3) is 2.04. The van der Waals surface area contributed by atoms with E-state index in [0.717, 1.165) is 12.8 Å². The van der Waals surface area contributed by atoms with E-state index in [9.17, 15) is 9.18 Å². The molecular weight excluding hydrogens is 211 g/mol. The van der Waals surface area contributed by atoms with E-state index in [1.54, 1.807) is 4.90 Å². The highest BCUT2D eigenvalue weighted by Crippen LogP contribution is 2.18. The summed E-state index contributed by atoms with van der Waals surface area (Å²) in [5, 5.41) is 9.10. The van der Waals surface area contributed by atoms with E-state index < -0.39 is 5.95 Å². The zero-order chi connectivity index (χ0) is 11.5. The number of likely N-dealkylation sites (tertiary alicyclic amines) is 1. The van der Waals surface area contributed by atoms with Crippen molar-refractivity contribution in [3.8, 4) is 0 Å². The van der Waals surface area contributed by atoms with Crippen LogP contribution in [0.15, 0.2) is 18.2 Å². The molecule has 4 nitrogen and oxygen atoms in total. The van der Waals surface area contributed by atoms with Crippen molar-refractivity contribution in [2.45, 2.75) is 18.9 Å². The van der Waals surface area contributed by atoms with Gasteiger partial charge in [0.1, 0.15) is 5.69 Å². The fraction of sp³-hybridized carbons (Fsp3) is 0.455. The minimum atomic E-state index is -0.661. The second kappa shape index (κ2) is 4.57. The third-order valence-electron chi connectivity index (χ3n) is 2.78. The predicted molar refractivity (Wildman–Crippen MR) is 55.3 cm³/mol. The molecule has 1 aliphatic rings. The summed E-state index contributed by atoms with van der Waals surface area (Å²) in [7, 11) is 0. The SMILES string of the molecule is O=C(c1cccc(F)n1)N1CCC[C@@H]1CO. The summed E-state index contributed by atoms with van der Waals surface area (Å²) >= 11 is 0. The Kier molecular flexibility index (Phi) is 3.14. The normalized spacial score (nSPS) is 20.1. The van der Waals surface area contributed by atoms with Crippen LogP contribution in [-0.4, -0.2) is 40.1 Å². The van der Waals surface area contributed by atoms with Crippen molar-refractivity contribution in [3.05, 3.63) is 29.8 Å². The van der Waals surface area contributed by atoms with Crippen LogP contribution in [0, 0.1) is 5.95 Å². The number of rotatable bonds is 2. The number of aliphatic hydroxyl groups excluding tert-OH is 1. The van der Waals surface area contributed by atoms with Gasteiger partial charge in [-0.3, -0.25) is 4.79 Å². The molecule has 16 heavy (non-hydrogen) atoms. The minimum Gasteiger partial charge on any atom is -0.394 e. The molecule has 1 aliphatic heterocycles. The van der Waals surface area contributed by atoms with Crippen LogP contribution in [0.4, 0.5) is 4.39 Å². The van der Waals surface area contributed by atoms with Crippen LogP contribution >= 0.6 is 0 Å². The number of aromatic nitrogens is 1. The number of aliphatic hydroxyl groups is 1. The van der Waals surface area contributed by atoms with Gasteiger partial charge < -0.3 is 10.0 Å². The topological polar surface area (TPSA) is 53.4 Å². The number of carbonyl (C=O) groups is 1. The van der Waals surface area contributed by atoms with Gasteiger partial charge in [-0.1, -0.05) is 6.07 Å². The molecule has 1 amide bonds. The molecule has 0 bridgehead atoms. The Bertz CT molecular complexity index is 397. The van der Waals surface area contributed by atoms with Crippen molar-refractivity contribution in [1.29, 1.82) is 0 Å². The predicted octanol–water partition coefficient (Wildman–Crippen LogP) is 0.818. The first kappa shape index (κ1) is 11.0. The van der Waals surface area contributed by atoms with Crippen LogP contribution in [0.25, 0.3) is 0 Å². The Morgan fingerprint density at radius 3 is 3.12 bits per heavy atom. The summed E-state index contributed by atoms with van der Waals surface area (Å²) in [5.41, 5.74) is 0.0975. The number of amides is 1. The molecule has 0 aliphatic carbocycles. The lowest BCUT2D eigenvalue weighted by Gasteiger charge is -2.22. The van der Waals surface area contributed by atoms with Gasteiger partial charge >= 0.3 is 0 Å². The quantitative estimate of drug-likeness (QED) is 0.756. The monoisotopic (exact) mass is 224 g/mol. The van der Waals surface area contributed by atoms with Crippen LogP contribution in [0.1, 0.15) is 23.3 Å². The van der Waals surface area contributed by atoms with E-state index in [1.165, 1.54) is 18.2 Å². The van der Waals surface area contributed by atoms with Crippen molar-refractivity contribution < 1.29 is 14.3 Å². The van der Waals surface area contributed by atoms with Crippen LogP contribution in [0.5, 0.6) is 0 Å². The Morgan fingerprint density at radius 1 is 1.62 bits per heavy atom. The van der Waals surface area contributed by atoms with Gasteiger partial charge in [-0.2, -0.15) is 4.39 Å². The number of halogens is 1. The van der Waals surface area contributed by atoms with Crippen molar-refractivity contribution in [3.63, 3.8) is 0 Å². The lowest BCUT2D eigenvalue weighted by molar-refractivity contribution is 0.0670. The number of hydrogen-bond acceptors (Lipinski definition) is 3. The van der Waals surface area contributed by atoms with Gasteiger partial charge in [0.25, 0.3) is 5.91 Å². The molecule has 0 aromatic carbocycles. The number of nitrogens with zero attached hydrogens (tertiary/aromatic N) is 2. The molecule has 0 saturated carbocycles. The second-order valence-corrected chi connectivity index (χ2v) is 3.82. The molecule has 0 unspecified atom stereocenters. The average molecular weight is 224 g/mol. The molecular formula is C11H13FN2O2. The van der Waals surface area contributed by atoms with Crippen LogP contribution in [0.3, 0.4) is 0 Å². The molecule has 1 aromatic rings. The van der Waals surface area contributed by atoms with Gasteiger partial charge in [-0.05, 0) is 25.0 Å². The Hall–Kier alpha value is -1.49. The second-order valence-electron chi connectivity index (χ2n) is 3.82. The highest BCUT2D eigenvalue weighted by molar-refractivity contribution is 5.92. The van der Waals surface area contributed by atoms with Crippen molar-refractivity contribution in [2.75, 3.05) is 13.2 Å². The van der Waals surface area contributed by atoms with E-state index in [2.05, 4.69) is 4.98 Å². The highest BCUT2D eigenvalue weighted by Gasteiger charge is 2.29. The van der Waals surface area contributed by atoms with Crippen LogP contribution < -0.4 is 0 Å². The Balaban J connectivity index is 2.18. The third-order valence-corrected chi connectivity index (χ3v) is 2.78. The summed E-state index contributed by atoms with van der Waals surface area (Å²) in [6.07, 6.45) is 1.66. The van der Waals surface area contributed by atoms with Gasteiger partial charge in [0, 0.05) is 6.54 Å². The molecule has 1 atom stereocenters. The van der Waals surface area contributed by atoms with E-state index in [-0.39, 0.29) is 24.2 Å². The molecule has 1 N–H and O–H groups in total. The van der Waals surface area contributed by atoms with E-state index >= 15 is 0 Å². The zero-order valence-electron chi connectivity index (χ0n) is 8.77. The van der Waals surface area contributed by atoms with Crippen molar-refractivity contribution in [1.82, 2.24) is 9.88 Å². The van der Waals surface area contributed by atoms with Gasteiger partial charge in [0.15, 0.2) is 0 Å². The largest absolute Gasteiger partial charge is 0.394 e. The fourth-order valence-corrected chi connectivity index (χ4v) is 1.97. The molecule has 0 spiro atoms. The first-order valence-electron chi connectivity index (χ1n) is 5.27. The molecule has 2 heterocycles. The molecule has 0 radical (unpaired) electrons. The first-order valence-corrected chi connectivity index (χ1v) is 5.27. The standard InChI is InChI=1S/C11H13FN2O2/c12-10-5-1-4-9(13-10)11(16)14-6-2-3-8(14)7-15/h1,4-5,8,15H,2-3,6-7H2/t8-/m1/s1. The smallest absolute Gasteiger partial charge is 0.272 e. The van der Waals surface area contributed by atoms with Gasteiger partial charge in [-0.15, -0.1) is 0 Å². The number of pyridine rings is 1. The van der Waals surface area contributed by atoms with Gasteiger partial charge in [0.05, 0.1) is 12.6 Å². The lowest BCUT2D eigenvalue weighted by atomic mass is 10.2. The summed E-state index contributed by atoms with van der Waals surface area (Å²) in [6.45, 7) is 0.545. The lowest BCUT2D eigenvalue weighted by Crippen LogP contribution is -2.38. The summed E-state index contributed by atoms with van der Waals surface area (Å²) in [4.78, 5) is 17.1. The Labute approximate surface area is 92.7 Å². The van der Waals surface area contributed by atoms with E-state index in [1.807, 2.05) is 0 Å². The molecule has 1 aromatic heterocycles. The van der Waals surface area contributed by atoms with Gasteiger partial charge in [-0.25, -0.2) is 4.98 Å². The summed E-state index contributed by atoms with van der Waals surface area (Å²) < 4.78 is 12.9. The van der Waals surface area contributed by atoms with E-state index in [0.29, 0.717) is 6.54 Å². The highest BCUT2D eigenvalue weighted by atomic mass is 19.1. The van der Waals surface area contributed by atoms with Crippen molar-refractivity contribution in [2.24, 2.45) is 0 Å². The number of hydrogen-bond donors (Lipinski definition) is 1. The molecule has 86 valence electrons. The maximum atomic E-state index is 12.9. The Morgan fingerprint density at radius 2 is 2.44 bits per heavy atom. The van der Waals surface area contributed by atoms with E-state index in [4.69, 9.17) is 5.11 Å². The molecule has 5 heteroatoms. The summed E-state index contributed by atoms with van der Waals surface area (Å²) in [5.74, 6) is -0.971. The number of carbonyl (C=O) groups excluding carboxylic acids is 1. The zero-order valence-corrected chi connectivity index (χ0v) is 8.77. The maximum Gasteiger partial charge on any atom is 0.272 e. The molecule has 1 fully saturated rings. The van der Waals surface area contributed by atoms with Crippen LogP contribution in [-0.2, 0) is 0 Å². The molecule has 2 rings (SSSR count). The van der Waals surface area contributed by atoms with Crippen molar-refractivity contribution >= 4 is 5.91 Å². The fourth-order valence-electron chi connectivity index (χ4n) is 1.97. The summed E-state index contributed by atoms with van der Waals surface area (Å²) in [6, 6.07) is 3.99.